The van der Waals surface area contributed by atoms with Crippen LogP contribution in [0.4, 0.5) is 5.69 Å². The van der Waals surface area contributed by atoms with E-state index in [4.69, 9.17) is 34.8 Å². The average molecular weight is 507 g/mol. The fourth-order valence-corrected chi connectivity index (χ4v) is 5.68. The van der Waals surface area contributed by atoms with Crippen molar-refractivity contribution in [2.24, 2.45) is 11.3 Å². The highest BCUT2D eigenvalue weighted by Crippen LogP contribution is 2.37. The number of hydrogen-bond donors (Lipinski definition) is 1. The van der Waals surface area contributed by atoms with Crippen LogP contribution in [-0.4, -0.2) is 25.5 Å². The van der Waals surface area contributed by atoms with Gasteiger partial charge in [-0.3, -0.25) is 9.10 Å². The summed E-state index contributed by atoms with van der Waals surface area (Å²) in [5.74, 6) is -1.54. The molecule has 1 N–H and O–H groups in total. The quantitative estimate of drug-likeness (QED) is 0.429. The van der Waals surface area contributed by atoms with E-state index < -0.39 is 33.4 Å². The summed E-state index contributed by atoms with van der Waals surface area (Å²) in [6.07, 6.45) is 0.606. The van der Waals surface area contributed by atoms with Crippen LogP contribution in [0.2, 0.25) is 15.1 Å². The van der Waals surface area contributed by atoms with Gasteiger partial charge in [-0.1, -0.05) is 55.6 Å². The maximum absolute atomic E-state index is 13.6. The van der Waals surface area contributed by atoms with E-state index in [0.717, 1.165) is 0 Å². The third kappa shape index (κ3) is 6.28. The van der Waals surface area contributed by atoms with Crippen LogP contribution in [0.25, 0.3) is 0 Å². The molecule has 5 nitrogen and oxygen atoms in total. The second-order valence-corrected chi connectivity index (χ2v) is 11.6. The van der Waals surface area contributed by atoms with E-state index in [1.165, 1.54) is 40.7 Å². The molecule has 2 aromatic rings. The minimum atomic E-state index is -4.03. The zero-order valence-electron chi connectivity index (χ0n) is 17.8. The summed E-state index contributed by atoms with van der Waals surface area (Å²) in [6, 6.07) is 9.85. The van der Waals surface area contributed by atoms with Crippen LogP contribution in [0.1, 0.15) is 40.5 Å². The van der Waals surface area contributed by atoms with Gasteiger partial charge in [-0.25, -0.2) is 8.42 Å². The molecule has 0 aliphatic rings. The lowest BCUT2D eigenvalue weighted by Crippen LogP contribution is -2.40. The lowest BCUT2D eigenvalue weighted by atomic mass is 9.77. The number of benzene rings is 2. The number of anilines is 1. The summed E-state index contributed by atoms with van der Waals surface area (Å²) in [7, 11) is -4.03. The Balaban J connectivity index is 2.51. The number of carboxylic acid groups (broad SMARTS) is 1. The van der Waals surface area contributed by atoms with Crippen LogP contribution in [0.3, 0.4) is 0 Å². The molecule has 0 saturated heterocycles. The Morgan fingerprint density at radius 3 is 2.06 bits per heavy atom. The maximum atomic E-state index is 13.6. The highest BCUT2D eigenvalue weighted by molar-refractivity contribution is 7.92. The van der Waals surface area contributed by atoms with Gasteiger partial charge in [0.25, 0.3) is 10.0 Å². The van der Waals surface area contributed by atoms with Gasteiger partial charge in [-0.2, -0.15) is 0 Å². The second-order valence-electron chi connectivity index (χ2n) is 8.53. The minimum absolute atomic E-state index is 0.0467. The van der Waals surface area contributed by atoms with Crippen molar-refractivity contribution < 1.29 is 18.3 Å². The molecular weight excluding hydrogens is 481 g/mol. The molecule has 0 bridgehead atoms. The number of rotatable bonds is 8. The lowest BCUT2D eigenvalue weighted by Gasteiger charge is -2.33. The van der Waals surface area contributed by atoms with Gasteiger partial charge in [0.05, 0.1) is 21.5 Å². The molecule has 170 valence electrons. The summed E-state index contributed by atoms with van der Waals surface area (Å²) < 4.78 is 28.4. The van der Waals surface area contributed by atoms with E-state index >= 15 is 0 Å². The predicted octanol–water partition coefficient (Wildman–Crippen LogP) is 6.76. The van der Waals surface area contributed by atoms with Gasteiger partial charge >= 0.3 is 5.97 Å². The Hall–Kier alpha value is -1.47. The van der Waals surface area contributed by atoms with Gasteiger partial charge in [0.1, 0.15) is 0 Å². The molecule has 0 aliphatic carbocycles. The molecule has 9 heteroatoms. The molecule has 0 aromatic heterocycles. The van der Waals surface area contributed by atoms with Crippen LogP contribution in [0.5, 0.6) is 0 Å². The largest absolute Gasteiger partial charge is 0.481 e. The van der Waals surface area contributed by atoms with Crippen molar-refractivity contribution in [1.82, 2.24) is 0 Å². The van der Waals surface area contributed by atoms with Crippen molar-refractivity contribution >= 4 is 56.5 Å². The number of carboxylic acids is 1. The average Bonchev–Trinajstić information content (AvgIpc) is 2.63. The molecule has 0 spiro atoms. The Bertz CT molecular complexity index is 1030. The molecule has 0 amide bonds. The molecule has 0 fully saturated rings. The Morgan fingerprint density at radius 2 is 1.55 bits per heavy atom. The van der Waals surface area contributed by atoms with E-state index in [-0.39, 0.29) is 15.6 Å². The number of aliphatic carboxylic acids is 1. The molecular formula is C22H26Cl3NO4S. The Morgan fingerprint density at radius 1 is 1.00 bits per heavy atom. The third-order valence-corrected chi connectivity index (χ3v) is 7.88. The van der Waals surface area contributed by atoms with E-state index in [1.54, 1.807) is 13.0 Å². The first-order chi connectivity index (χ1) is 14.2. The molecule has 1 unspecified atom stereocenters. The van der Waals surface area contributed by atoms with E-state index in [1.807, 2.05) is 20.8 Å². The molecule has 0 heterocycles. The van der Waals surface area contributed by atoms with Crippen molar-refractivity contribution in [3.05, 3.63) is 57.5 Å². The summed E-state index contributed by atoms with van der Waals surface area (Å²) in [4.78, 5) is 11.8. The summed E-state index contributed by atoms with van der Waals surface area (Å²) in [5, 5.41) is 10.6. The smallest absolute Gasteiger partial charge is 0.307 e. The van der Waals surface area contributed by atoms with Crippen molar-refractivity contribution in [2.75, 3.05) is 4.31 Å². The van der Waals surface area contributed by atoms with Crippen LogP contribution < -0.4 is 4.31 Å². The van der Waals surface area contributed by atoms with Gasteiger partial charge in [0, 0.05) is 16.1 Å². The van der Waals surface area contributed by atoms with E-state index in [0.29, 0.717) is 22.9 Å². The van der Waals surface area contributed by atoms with Gasteiger partial charge in [-0.15, -0.1) is 0 Å². The summed E-state index contributed by atoms with van der Waals surface area (Å²) in [6.45, 7) is 7.29. The van der Waals surface area contributed by atoms with Gasteiger partial charge in [0.2, 0.25) is 0 Å². The van der Waals surface area contributed by atoms with Crippen molar-refractivity contribution in [3.8, 4) is 0 Å². The topological polar surface area (TPSA) is 74.7 Å². The van der Waals surface area contributed by atoms with Crippen LogP contribution in [-0.2, 0) is 14.8 Å². The Kier molecular flexibility index (Phi) is 8.31. The minimum Gasteiger partial charge on any atom is -0.481 e. The van der Waals surface area contributed by atoms with E-state index in [2.05, 4.69) is 0 Å². The van der Waals surface area contributed by atoms with E-state index in [9.17, 15) is 18.3 Å². The normalized spacial score (nSPS) is 14.2. The van der Waals surface area contributed by atoms with Gasteiger partial charge < -0.3 is 5.11 Å². The van der Waals surface area contributed by atoms with Crippen LogP contribution in [0, 0.1) is 11.3 Å². The van der Waals surface area contributed by atoms with Crippen molar-refractivity contribution in [2.45, 2.75) is 51.5 Å². The van der Waals surface area contributed by atoms with Gasteiger partial charge in [-0.05, 0) is 67.6 Å². The number of hydrogen-bond acceptors (Lipinski definition) is 3. The standard InChI is InChI=1S/C22H26Cl3NO4S/c1-14(5-11-18(21(27)28)22(2,3)4)26(20-13-16(24)8-12-19(20)25)31(29,30)17-9-6-15(23)7-10-17/h6-10,12-14,18H,5,11H2,1-4H3,(H,27,28)/t14-,18?/m1/s1. The highest BCUT2D eigenvalue weighted by atomic mass is 35.5. The first-order valence-corrected chi connectivity index (χ1v) is 12.3. The number of nitrogens with zero attached hydrogens (tertiary/aromatic N) is 1. The summed E-state index contributed by atoms with van der Waals surface area (Å²) in [5.41, 5.74) is -0.238. The van der Waals surface area contributed by atoms with Gasteiger partial charge in [0.15, 0.2) is 0 Å². The first-order valence-electron chi connectivity index (χ1n) is 9.73. The number of sulfonamides is 1. The molecule has 31 heavy (non-hydrogen) atoms. The molecule has 2 rings (SSSR count). The zero-order valence-corrected chi connectivity index (χ0v) is 20.9. The summed E-state index contributed by atoms with van der Waals surface area (Å²) >= 11 is 18.4. The van der Waals surface area contributed by atoms with Crippen LogP contribution in [0.15, 0.2) is 47.4 Å². The third-order valence-electron chi connectivity index (χ3n) is 5.13. The highest BCUT2D eigenvalue weighted by Gasteiger charge is 2.35. The van der Waals surface area contributed by atoms with Crippen LogP contribution >= 0.6 is 34.8 Å². The second kappa shape index (κ2) is 9.99. The first kappa shape index (κ1) is 25.8. The molecule has 0 radical (unpaired) electrons. The maximum Gasteiger partial charge on any atom is 0.307 e. The van der Waals surface area contributed by atoms with Crippen molar-refractivity contribution in [1.29, 1.82) is 0 Å². The van der Waals surface area contributed by atoms with Crippen molar-refractivity contribution in [3.63, 3.8) is 0 Å². The lowest BCUT2D eigenvalue weighted by molar-refractivity contribution is -0.145. The SMILES string of the molecule is C[C@H](CCC(C(=O)O)C(C)(C)C)N(c1cc(Cl)ccc1Cl)S(=O)(=O)c1ccc(Cl)cc1. The monoisotopic (exact) mass is 505 g/mol. The molecule has 0 saturated carbocycles. The molecule has 2 aromatic carbocycles. The predicted molar refractivity (Wildman–Crippen MR) is 127 cm³/mol. The molecule has 0 aliphatic heterocycles. The zero-order chi connectivity index (χ0) is 23.6. The number of halogens is 3. The Labute approximate surface area is 199 Å². The molecule has 2 atom stereocenters. The fourth-order valence-electron chi connectivity index (χ4n) is 3.43. The number of carbonyl (C=O) groups is 1. The fraction of sp³-hybridized carbons (Fsp3) is 0.409.